The summed E-state index contributed by atoms with van der Waals surface area (Å²) in [5.74, 6) is 1.00. The number of hydrogen-bond acceptors (Lipinski definition) is 4. The molecule has 0 atom stereocenters. The molecule has 3 rings (SSSR count). The Labute approximate surface area is 150 Å². The van der Waals surface area contributed by atoms with Gasteiger partial charge in [0.25, 0.3) is 0 Å². The average Bonchev–Trinajstić information content (AvgIpc) is 2.55. The van der Waals surface area contributed by atoms with E-state index in [1.165, 1.54) is 11.9 Å². The number of phenols is 1. The topological polar surface area (TPSA) is 32.7 Å². The van der Waals surface area contributed by atoms with Crippen molar-refractivity contribution in [3.05, 3.63) is 52.5 Å². The Morgan fingerprint density at radius 1 is 1.09 bits per heavy atom. The molecule has 0 aliphatic carbocycles. The van der Waals surface area contributed by atoms with Gasteiger partial charge in [-0.3, -0.25) is 0 Å². The van der Waals surface area contributed by atoms with Gasteiger partial charge in [-0.05, 0) is 49.1 Å². The number of nitrogens with zero attached hydrogens (tertiary/aromatic N) is 1. The standard InChI is InChI=1S/C17H17Cl2NO2S/c18-12-10-15(19)17(21)16(11-12)23-20-8-6-14(7-9-20)22-13-4-2-1-3-5-13/h1-5,10-11,14,21H,6-9H2. The molecule has 1 N–H and O–H groups in total. The number of hydrogen-bond donors (Lipinski definition) is 1. The fraction of sp³-hybridized carbons (Fsp3) is 0.294. The van der Waals surface area contributed by atoms with Crippen LogP contribution in [0.15, 0.2) is 47.4 Å². The first-order valence-corrected chi connectivity index (χ1v) is 8.97. The van der Waals surface area contributed by atoms with Crippen molar-refractivity contribution >= 4 is 35.1 Å². The molecule has 0 amide bonds. The molecule has 2 aromatic rings. The van der Waals surface area contributed by atoms with Gasteiger partial charge in [0.15, 0.2) is 0 Å². The van der Waals surface area contributed by atoms with Crippen molar-refractivity contribution in [1.29, 1.82) is 0 Å². The van der Waals surface area contributed by atoms with E-state index in [9.17, 15) is 5.11 Å². The summed E-state index contributed by atoms with van der Waals surface area (Å²) in [7, 11) is 0. The molecule has 1 saturated heterocycles. The maximum atomic E-state index is 10.0. The Hall–Kier alpha value is -1.07. The number of para-hydroxylation sites is 1. The lowest BCUT2D eigenvalue weighted by molar-refractivity contribution is 0.139. The highest BCUT2D eigenvalue weighted by Gasteiger charge is 2.22. The van der Waals surface area contributed by atoms with Crippen LogP contribution in [-0.4, -0.2) is 28.6 Å². The zero-order chi connectivity index (χ0) is 16.2. The molecule has 23 heavy (non-hydrogen) atoms. The van der Waals surface area contributed by atoms with Crippen LogP contribution in [0.1, 0.15) is 12.8 Å². The second-order valence-corrected chi connectivity index (χ2v) is 7.37. The molecule has 0 saturated carbocycles. The van der Waals surface area contributed by atoms with E-state index in [4.69, 9.17) is 27.9 Å². The van der Waals surface area contributed by atoms with E-state index < -0.39 is 0 Å². The molecule has 0 radical (unpaired) electrons. The van der Waals surface area contributed by atoms with Gasteiger partial charge in [-0.25, -0.2) is 4.31 Å². The van der Waals surface area contributed by atoms with Crippen LogP contribution in [0.5, 0.6) is 11.5 Å². The Kier molecular flexibility index (Phi) is 5.59. The van der Waals surface area contributed by atoms with Crippen LogP contribution in [-0.2, 0) is 0 Å². The zero-order valence-electron chi connectivity index (χ0n) is 12.4. The smallest absolute Gasteiger partial charge is 0.149 e. The fourth-order valence-electron chi connectivity index (χ4n) is 2.48. The van der Waals surface area contributed by atoms with Crippen LogP contribution in [0.2, 0.25) is 10.0 Å². The van der Waals surface area contributed by atoms with Gasteiger partial charge in [0, 0.05) is 18.1 Å². The predicted octanol–water partition coefficient (Wildman–Crippen LogP) is 5.25. The zero-order valence-corrected chi connectivity index (χ0v) is 14.7. The third-order valence-electron chi connectivity index (χ3n) is 3.67. The molecule has 1 fully saturated rings. The minimum atomic E-state index is 0.0868. The second kappa shape index (κ2) is 7.67. The van der Waals surface area contributed by atoms with Crippen molar-refractivity contribution in [2.45, 2.75) is 23.8 Å². The van der Waals surface area contributed by atoms with E-state index in [-0.39, 0.29) is 16.9 Å². The van der Waals surface area contributed by atoms with Gasteiger partial charge in [0.2, 0.25) is 0 Å². The molecule has 2 aromatic carbocycles. The number of piperidine rings is 1. The lowest BCUT2D eigenvalue weighted by Crippen LogP contribution is -2.34. The highest BCUT2D eigenvalue weighted by Crippen LogP contribution is 2.39. The van der Waals surface area contributed by atoms with Gasteiger partial charge < -0.3 is 9.84 Å². The Balaban J connectivity index is 1.55. The van der Waals surface area contributed by atoms with Crippen LogP contribution in [0.4, 0.5) is 0 Å². The van der Waals surface area contributed by atoms with Crippen molar-refractivity contribution in [3.63, 3.8) is 0 Å². The van der Waals surface area contributed by atoms with Crippen molar-refractivity contribution in [2.24, 2.45) is 0 Å². The molecule has 1 heterocycles. The summed E-state index contributed by atoms with van der Waals surface area (Å²) in [4.78, 5) is 0.685. The normalized spacial score (nSPS) is 16.4. The summed E-state index contributed by atoms with van der Waals surface area (Å²) >= 11 is 13.5. The molecule has 3 nitrogen and oxygen atoms in total. The number of halogens is 2. The summed E-state index contributed by atoms with van der Waals surface area (Å²) in [5, 5.41) is 10.8. The van der Waals surface area contributed by atoms with Gasteiger partial charge in [0.05, 0.1) is 9.92 Å². The van der Waals surface area contributed by atoms with Crippen LogP contribution < -0.4 is 4.74 Å². The van der Waals surface area contributed by atoms with E-state index >= 15 is 0 Å². The first-order valence-electron chi connectivity index (χ1n) is 7.44. The maximum absolute atomic E-state index is 10.0. The fourth-order valence-corrected chi connectivity index (χ4v) is 4.15. The minimum absolute atomic E-state index is 0.0868. The van der Waals surface area contributed by atoms with Crippen LogP contribution in [0.3, 0.4) is 0 Å². The predicted molar refractivity (Wildman–Crippen MR) is 95.6 cm³/mol. The maximum Gasteiger partial charge on any atom is 0.149 e. The third-order valence-corrected chi connectivity index (χ3v) is 5.31. The monoisotopic (exact) mass is 369 g/mol. The van der Waals surface area contributed by atoms with Crippen molar-refractivity contribution in [1.82, 2.24) is 4.31 Å². The van der Waals surface area contributed by atoms with E-state index in [2.05, 4.69) is 4.31 Å². The molecule has 0 aromatic heterocycles. The summed E-state index contributed by atoms with van der Waals surface area (Å²) in [6, 6.07) is 13.2. The summed E-state index contributed by atoms with van der Waals surface area (Å²) in [6.45, 7) is 1.76. The molecule has 1 aliphatic heterocycles. The molecular formula is C17H17Cl2NO2S. The number of rotatable bonds is 4. The van der Waals surface area contributed by atoms with E-state index in [0.29, 0.717) is 9.92 Å². The Morgan fingerprint density at radius 2 is 1.78 bits per heavy atom. The SMILES string of the molecule is Oc1c(Cl)cc(Cl)cc1SN1CCC(Oc2ccccc2)CC1. The van der Waals surface area contributed by atoms with Crippen LogP contribution >= 0.6 is 35.1 Å². The molecule has 0 unspecified atom stereocenters. The van der Waals surface area contributed by atoms with E-state index in [1.54, 1.807) is 12.1 Å². The first kappa shape index (κ1) is 16.8. The van der Waals surface area contributed by atoms with Gasteiger partial charge in [-0.15, -0.1) is 0 Å². The number of ether oxygens (including phenoxy) is 1. The molecule has 0 spiro atoms. The lowest BCUT2D eigenvalue weighted by atomic mass is 10.1. The van der Waals surface area contributed by atoms with Crippen LogP contribution in [0.25, 0.3) is 0 Å². The summed E-state index contributed by atoms with van der Waals surface area (Å²) < 4.78 is 8.19. The molecular weight excluding hydrogens is 353 g/mol. The van der Waals surface area contributed by atoms with Crippen LogP contribution in [0, 0.1) is 0 Å². The lowest BCUT2D eigenvalue weighted by Gasteiger charge is -2.31. The Morgan fingerprint density at radius 3 is 2.48 bits per heavy atom. The molecule has 0 bridgehead atoms. The summed E-state index contributed by atoms with van der Waals surface area (Å²) in [6.07, 6.45) is 2.11. The van der Waals surface area contributed by atoms with Crippen molar-refractivity contribution < 1.29 is 9.84 Å². The highest BCUT2D eigenvalue weighted by atomic mass is 35.5. The van der Waals surface area contributed by atoms with Gasteiger partial charge >= 0.3 is 0 Å². The highest BCUT2D eigenvalue weighted by molar-refractivity contribution is 7.97. The Bertz CT molecular complexity index is 661. The molecule has 6 heteroatoms. The van der Waals surface area contributed by atoms with Gasteiger partial charge in [0.1, 0.15) is 17.6 Å². The van der Waals surface area contributed by atoms with E-state index in [0.717, 1.165) is 31.7 Å². The number of aromatic hydroxyl groups is 1. The second-order valence-electron chi connectivity index (χ2n) is 5.38. The molecule has 1 aliphatic rings. The van der Waals surface area contributed by atoms with Gasteiger partial charge in [-0.1, -0.05) is 41.4 Å². The minimum Gasteiger partial charge on any atom is -0.505 e. The summed E-state index contributed by atoms with van der Waals surface area (Å²) in [5.41, 5.74) is 0. The quantitative estimate of drug-likeness (QED) is 0.746. The largest absolute Gasteiger partial charge is 0.505 e. The average molecular weight is 370 g/mol. The van der Waals surface area contributed by atoms with Crippen molar-refractivity contribution in [3.8, 4) is 11.5 Å². The first-order chi connectivity index (χ1) is 11.1. The number of benzene rings is 2. The molecule has 122 valence electrons. The third kappa shape index (κ3) is 4.48. The van der Waals surface area contributed by atoms with E-state index in [1.807, 2.05) is 30.3 Å². The number of phenolic OH excluding ortho intramolecular Hbond substituents is 1. The van der Waals surface area contributed by atoms with Gasteiger partial charge in [-0.2, -0.15) is 0 Å². The van der Waals surface area contributed by atoms with Crippen molar-refractivity contribution in [2.75, 3.05) is 13.1 Å².